The fourth-order valence-electron chi connectivity index (χ4n) is 2.39. The van der Waals surface area contributed by atoms with E-state index in [9.17, 15) is 9.59 Å². The molecular weight excluding hydrogens is 400 g/mol. The van der Waals surface area contributed by atoms with Gasteiger partial charge in [0.15, 0.2) is 11.5 Å². The number of hydrogen-bond acceptors (Lipinski definition) is 4. The van der Waals surface area contributed by atoms with Gasteiger partial charge in [0.05, 0.1) is 29.6 Å². The van der Waals surface area contributed by atoms with Gasteiger partial charge >= 0.3 is 0 Å². The van der Waals surface area contributed by atoms with Crippen molar-refractivity contribution in [3.63, 3.8) is 0 Å². The highest BCUT2D eigenvalue weighted by Gasteiger charge is 2.17. The van der Waals surface area contributed by atoms with Crippen molar-refractivity contribution >= 4 is 39.1 Å². The number of aryl methyl sites for hydroxylation is 1. The molecule has 2 aromatic carbocycles. The molecule has 0 aliphatic carbocycles. The summed E-state index contributed by atoms with van der Waals surface area (Å²) in [6, 6.07) is 8.68. The molecule has 0 bridgehead atoms. The maximum absolute atomic E-state index is 12.7. The summed E-state index contributed by atoms with van der Waals surface area (Å²) in [7, 11) is 1.52. The van der Waals surface area contributed by atoms with Crippen molar-refractivity contribution in [3.8, 4) is 11.5 Å². The summed E-state index contributed by atoms with van der Waals surface area (Å²) >= 11 is 3.41. The van der Waals surface area contributed by atoms with Crippen LogP contribution in [0.15, 0.2) is 34.8 Å². The second-order valence-electron chi connectivity index (χ2n) is 5.61. The lowest BCUT2D eigenvalue weighted by Gasteiger charge is -2.15. The van der Waals surface area contributed by atoms with Crippen LogP contribution < -0.4 is 20.1 Å². The van der Waals surface area contributed by atoms with E-state index in [1.54, 1.807) is 24.3 Å². The number of nitrogens with one attached hydrogen (secondary N) is 2. The summed E-state index contributed by atoms with van der Waals surface area (Å²) in [6.45, 7) is 5.67. The Hall–Kier alpha value is -2.54. The summed E-state index contributed by atoms with van der Waals surface area (Å²) in [5.74, 6) is 0.456. The highest BCUT2D eigenvalue weighted by Crippen LogP contribution is 2.37. The van der Waals surface area contributed by atoms with Crippen LogP contribution in [-0.4, -0.2) is 25.5 Å². The van der Waals surface area contributed by atoms with Gasteiger partial charge in [0.25, 0.3) is 5.91 Å². The van der Waals surface area contributed by atoms with Crippen LogP contribution in [0.3, 0.4) is 0 Å². The molecular formula is C19H21BrN2O4. The molecule has 0 atom stereocenters. The quantitative estimate of drug-likeness (QED) is 0.726. The third kappa shape index (κ3) is 4.76. The Morgan fingerprint density at radius 1 is 1.12 bits per heavy atom. The molecule has 0 aromatic heterocycles. The molecule has 0 spiro atoms. The van der Waals surface area contributed by atoms with Gasteiger partial charge in [0, 0.05) is 12.5 Å². The number of ether oxygens (including phenoxy) is 2. The van der Waals surface area contributed by atoms with Crippen molar-refractivity contribution in [2.24, 2.45) is 0 Å². The van der Waals surface area contributed by atoms with E-state index in [0.29, 0.717) is 39.5 Å². The van der Waals surface area contributed by atoms with Crippen LogP contribution in [0.2, 0.25) is 0 Å². The number of carbonyl (C=O) groups is 2. The Kier molecular flexibility index (Phi) is 6.63. The summed E-state index contributed by atoms with van der Waals surface area (Å²) in [5, 5.41) is 5.54. The van der Waals surface area contributed by atoms with Crippen molar-refractivity contribution in [1.82, 2.24) is 0 Å². The fourth-order valence-corrected chi connectivity index (χ4v) is 2.95. The van der Waals surface area contributed by atoms with E-state index >= 15 is 0 Å². The van der Waals surface area contributed by atoms with Crippen molar-refractivity contribution < 1.29 is 19.1 Å². The zero-order chi connectivity index (χ0) is 19.3. The first-order valence-electron chi connectivity index (χ1n) is 8.05. The Labute approximate surface area is 161 Å². The molecule has 0 saturated carbocycles. The number of rotatable bonds is 6. The van der Waals surface area contributed by atoms with E-state index < -0.39 is 0 Å². The maximum atomic E-state index is 12.7. The Bertz CT molecular complexity index is 837. The van der Waals surface area contributed by atoms with Gasteiger partial charge in [-0.05, 0) is 59.6 Å². The molecule has 0 fully saturated rings. The molecule has 0 unspecified atom stereocenters. The lowest BCUT2D eigenvalue weighted by molar-refractivity contribution is -0.114. The van der Waals surface area contributed by atoms with Gasteiger partial charge in [0.1, 0.15) is 0 Å². The van der Waals surface area contributed by atoms with Gasteiger partial charge in [-0.3, -0.25) is 9.59 Å². The van der Waals surface area contributed by atoms with E-state index in [2.05, 4.69) is 26.6 Å². The average molecular weight is 421 g/mol. The molecule has 138 valence electrons. The van der Waals surface area contributed by atoms with Crippen molar-refractivity contribution in [2.45, 2.75) is 20.8 Å². The lowest BCUT2D eigenvalue weighted by atomic mass is 10.1. The number of anilines is 2. The zero-order valence-electron chi connectivity index (χ0n) is 15.1. The normalized spacial score (nSPS) is 10.2. The van der Waals surface area contributed by atoms with Crippen molar-refractivity contribution in [1.29, 1.82) is 0 Å². The SMILES string of the molecule is CCOc1c(Br)cc(C(=O)Nc2cc(C)ccc2NC(C)=O)cc1OC. The van der Waals surface area contributed by atoms with Crippen molar-refractivity contribution in [3.05, 3.63) is 45.9 Å². The predicted octanol–water partition coefficient (Wildman–Crippen LogP) is 4.38. The molecule has 26 heavy (non-hydrogen) atoms. The van der Waals surface area contributed by atoms with Crippen molar-refractivity contribution in [2.75, 3.05) is 24.4 Å². The van der Waals surface area contributed by atoms with Gasteiger partial charge in [-0.15, -0.1) is 0 Å². The molecule has 2 N–H and O–H groups in total. The molecule has 0 heterocycles. The number of carbonyl (C=O) groups excluding carboxylic acids is 2. The maximum Gasteiger partial charge on any atom is 0.255 e. The number of hydrogen-bond donors (Lipinski definition) is 2. The Balaban J connectivity index is 2.35. The van der Waals surface area contributed by atoms with E-state index in [1.165, 1.54) is 14.0 Å². The van der Waals surface area contributed by atoms with Crippen LogP contribution in [0.1, 0.15) is 29.8 Å². The molecule has 6 nitrogen and oxygen atoms in total. The highest BCUT2D eigenvalue weighted by molar-refractivity contribution is 9.10. The number of methoxy groups -OCH3 is 1. The molecule has 0 aliphatic heterocycles. The van der Waals surface area contributed by atoms with E-state index in [4.69, 9.17) is 9.47 Å². The summed E-state index contributed by atoms with van der Waals surface area (Å²) in [5.41, 5.74) is 2.41. The highest BCUT2D eigenvalue weighted by atomic mass is 79.9. The number of halogens is 1. The Morgan fingerprint density at radius 3 is 2.46 bits per heavy atom. The number of benzene rings is 2. The van der Waals surface area contributed by atoms with Crippen LogP contribution in [0.25, 0.3) is 0 Å². The minimum absolute atomic E-state index is 0.213. The van der Waals surface area contributed by atoms with Crippen LogP contribution >= 0.6 is 15.9 Å². The first-order valence-corrected chi connectivity index (χ1v) is 8.85. The van der Waals surface area contributed by atoms with Crippen LogP contribution in [0, 0.1) is 6.92 Å². The monoisotopic (exact) mass is 420 g/mol. The molecule has 0 aliphatic rings. The summed E-state index contributed by atoms with van der Waals surface area (Å²) in [6.07, 6.45) is 0. The molecule has 0 saturated heterocycles. The van der Waals surface area contributed by atoms with Crippen LogP contribution in [-0.2, 0) is 4.79 Å². The molecule has 2 rings (SSSR count). The average Bonchev–Trinajstić information content (AvgIpc) is 2.58. The second-order valence-corrected chi connectivity index (χ2v) is 6.46. The number of amides is 2. The second kappa shape index (κ2) is 8.71. The van der Waals surface area contributed by atoms with Gasteiger partial charge in [-0.25, -0.2) is 0 Å². The fraction of sp³-hybridized carbons (Fsp3) is 0.263. The minimum atomic E-state index is -0.329. The smallest absolute Gasteiger partial charge is 0.255 e. The predicted molar refractivity (Wildman–Crippen MR) is 105 cm³/mol. The standard InChI is InChI=1S/C19H21BrN2O4/c1-5-26-18-14(20)9-13(10-17(18)25-4)19(24)22-16-8-11(2)6-7-15(16)21-12(3)23/h6-10H,5H2,1-4H3,(H,21,23)(H,22,24). The van der Waals surface area contributed by atoms with E-state index in [1.807, 2.05) is 19.9 Å². The first kappa shape index (κ1) is 19.8. The molecule has 2 amide bonds. The van der Waals surface area contributed by atoms with Gasteiger partial charge < -0.3 is 20.1 Å². The van der Waals surface area contributed by atoms with Crippen LogP contribution in [0.5, 0.6) is 11.5 Å². The molecule has 0 radical (unpaired) electrons. The largest absolute Gasteiger partial charge is 0.493 e. The summed E-state index contributed by atoms with van der Waals surface area (Å²) in [4.78, 5) is 24.1. The third-order valence-electron chi connectivity index (χ3n) is 3.51. The third-order valence-corrected chi connectivity index (χ3v) is 4.10. The molecule has 2 aromatic rings. The van der Waals surface area contributed by atoms with Crippen LogP contribution in [0.4, 0.5) is 11.4 Å². The van der Waals surface area contributed by atoms with Gasteiger partial charge in [-0.1, -0.05) is 6.07 Å². The molecule has 7 heteroatoms. The van der Waals surface area contributed by atoms with Gasteiger partial charge in [0.2, 0.25) is 5.91 Å². The van der Waals surface area contributed by atoms with E-state index in [-0.39, 0.29) is 11.8 Å². The van der Waals surface area contributed by atoms with Gasteiger partial charge in [-0.2, -0.15) is 0 Å². The first-order chi connectivity index (χ1) is 12.3. The topological polar surface area (TPSA) is 76.7 Å². The van der Waals surface area contributed by atoms with E-state index in [0.717, 1.165) is 5.56 Å². The zero-order valence-corrected chi connectivity index (χ0v) is 16.7. The summed E-state index contributed by atoms with van der Waals surface area (Å²) < 4.78 is 11.5. The lowest BCUT2D eigenvalue weighted by Crippen LogP contribution is -2.15. The minimum Gasteiger partial charge on any atom is -0.493 e. The Morgan fingerprint density at radius 2 is 1.85 bits per heavy atom.